The summed E-state index contributed by atoms with van der Waals surface area (Å²) in [5.74, 6) is 0.311. The standard InChI is InChI=1S/C30H42BN3O5/c1-19(35)32-12-10-30(11-13-32)25-9-6-20(31-38-28(2,3)29(4,5)39-31)14-26(25)34(27(30)36)24-15-23(16-24)33-21-7-8-22(33)18-37-17-21/h6,9,14,21-24H,7-8,10-13,15-18H2,1-5H3. The summed E-state index contributed by atoms with van der Waals surface area (Å²) in [5.41, 5.74) is 1.70. The minimum absolute atomic E-state index is 0.0884. The predicted octanol–water partition coefficient (Wildman–Crippen LogP) is 2.61. The Morgan fingerprint density at radius 2 is 1.54 bits per heavy atom. The topological polar surface area (TPSA) is 71.6 Å². The van der Waals surface area contributed by atoms with E-state index in [9.17, 15) is 9.59 Å². The van der Waals surface area contributed by atoms with Crippen molar-refractivity contribution < 1.29 is 23.6 Å². The zero-order valence-electron chi connectivity index (χ0n) is 24.1. The minimum Gasteiger partial charge on any atom is -0.399 e. The molecule has 5 heterocycles. The maximum atomic E-state index is 14.4. The second kappa shape index (κ2) is 8.78. The van der Waals surface area contributed by atoms with Gasteiger partial charge in [-0.3, -0.25) is 14.5 Å². The molecule has 0 aromatic heterocycles. The van der Waals surface area contributed by atoms with Gasteiger partial charge < -0.3 is 23.8 Å². The smallest absolute Gasteiger partial charge is 0.399 e. The normalized spacial score (nSPS) is 34.5. The molecule has 8 nitrogen and oxygen atoms in total. The summed E-state index contributed by atoms with van der Waals surface area (Å²) >= 11 is 0. The third-order valence-corrected chi connectivity index (χ3v) is 11.2. The molecule has 2 unspecified atom stereocenters. The van der Waals surface area contributed by atoms with Crippen LogP contribution in [0.3, 0.4) is 0 Å². The van der Waals surface area contributed by atoms with Crippen LogP contribution in [-0.4, -0.2) is 90.4 Å². The van der Waals surface area contributed by atoms with Gasteiger partial charge in [0.1, 0.15) is 0 Å². The van der Waals surface area contributed by atoms with Crippen molar-refractivity contribution in [2.24, 2.45) is 0 Å². The van der Waals surface area contributed by atoms with Crippen LogP contribution in [0.2, 0.25) is 0 Å². The van der Waals surface area contributed by atoms with Gasteiger partial charge in [-0.1, -0.05) is 12.1 Å². The lowest BCUT2D eigenvalue weighted by molar-refractivity contribution is -0.134. The van der Waals surface area contributed by atoms with Crippen LogP contribution in [0.4, 0.5) is 5.69 Å². The predicted molar refractivity (Wildman–Crippen MR) is 149 cm³/mol. The Labute approximate surface area is 232 Å². The van der Waals surface area contributed by atoms with E-state index in [1.165, 1.54) is 12.8 Å². The molecule has 1 aromatic carbocycles. The van der Waals surface area contributed by atoms with E-state index >= 15 is 0 Å². The number of benzene rings is 1. The molecule has 5 fully saturated rings. The Kier molecular flexibility index (Phi) is 5.85. The average molecular weight is 535 g/mol. The van der Waals surface area contributed by atoms with Crippen molar-refractivity contribution >= 4 is 30.1 Å². The number of ether oxygens (including phenoxy) is 1. The first-order valence-electron chi connectivity index (χ1n) is 15.0. The first-order chi connectivity index (χ1) is 18.5. The fourth-order valence-corrected chi connectivity index (χ4v) is 8.05. The molecule has 1 aromatic rings. The van der Waals surface area contributed by atoms with E-state index in [1.54, 1.807) is 6.92 Å². The van der Waals surface area contributed by atoms with E-state index in [-0.39, 0.29) is 17.9 Å². The van der Waals surface area contributed by atoms with Gasteiger partial charge >= 0.3 is 7.12 Å². The maximum Gasteiger partial charge on any atom is 0.494 e. The molecule has 7 rings (SSSR count). The molecule has 2 amide bonds. The van der Waals surface area contributed by atoms with Crippen LogP contribution in [0.1, 0.15) is 78.7 Å². The van der Waals surface area contributed by atoms with Crippen LogP contribution in [0, 0.1) is 0 Å². The maximum absolute atomic E-state index is 14.4. The van der Waals surface area contributed by atoms with Gasteiger partial charge in [0, 0.05) is 49.9 Å². The lowest BCUT2D eigenvalue weighted by Gasteiger charge is -2.50. The molecule has 1 saturated carbocycles. The quantitative estimate of drug-likeness (QED) is 0.555. The van der Waals surface area contributed by atoms with Gasteiger partial charge in [-0.2, -0.15) is 0 Å². The SMILES string of the molecule is CC(=O)N1CCC2(CC1)C(=O)N(C1CC(N3C4CCC3COC4)C1)c1cc(B3OC(C)(C)C(C)(C)O3)ccc12. The largest absolute Gasteiger partial charge is 0.494 e. The van der Waals surface area contributed by atoms with Crippen molar-refractivity contribution in [3.05, 3.63) is 23.8 Å². The molecule has 4 saturated heterocycles. The number of nitrogens with zero attached hydrogens (tertiary/aromatic N) is 3. The van der Waals surface area contributed by atoms with Gasteiger partial charge in [-0.15, -0.1) is 0 Å². The second-order valence-electron chi connectivity index (χ2n) is 13.8. The van der Waals surface area contributed by atoms with Crippen molar-refractivity contribution in [2.75, 3.05) is 31.2 Å². The number of carbonyl (C=O) groups is 2. The van der Waals surface area contributed by atoms with Crippen LogP contribution in [0.15, 0.2) is 18.2 Å². The number of fused-ring (bicyclic) bond motifs is 4. The molecule has 0 radical (unpaired) electrons. The van der Waals surface area contributed by atoms with Crippen LogP contribution in [0.5, 0.6) is 0 Å². The number of rotatable bonds is 3. The Balaban J connectivity index is 1.19. The second-order valence-corrected chi connectivity index (χ2v) is 13.8. The van der Waals surface area contributed by atoms with E-state index in [4.69, 9.17) is 14.0 Å². The highest BCUT2D eigenvalue weighted by Gasteiger charge is 2.58. The number of anilines is 1. The first-order valence-corrected chi connectivity index (χ1v) is 15.0. The zero-order chi connectivity index (χ0) is 27.3. The number of piperidine rings is 1. The molecule has 0 N–H and O–H groups in total. The van der Waals surface area contributed by atoms with E-state index in [1.807, 2.05) is 4.90 Å². The van der Waals surface area contributed by atoms with E-state index < -0.39 is 23.7 Å². The Morgan fingerprint density at radius 3 is 2.13 bits per heavy atom. The first kappa shape index (κ1) is 26.0. The summed E-state index contributed by atoms with van der Waals surface area (Å²) in [6.07, 6.45) is 5.82. The number of amides is 2. The summed E-state index contributed by atoms with van der Waals surface area (Å²) in [7, 11) is -0.466. The van der Waals surface area contributed by atoms with E-state index in [0.717, 1.165) is 42.8 Å². The molecule has 1 spiro atoms. The van der Waals surface area contributed by atoms with Crippen molar-refractivity contribution in [1.82, 2.24) is 9.80 Å². The molecule has 210 valence electrons. The molecule has 5 aliphatic heterocycles. The Bertz CT molecular complexity index is 1160. The summed E-state index contributed by atoms with van der Waals surface area (Å²) < 4.78 is 18.6. The molecule has 2 bridgehead atoms. The molecule has 9 heteroatoms. The summed E-state index contributed by atoms with van der Waals surface area (Å²) in [6, 6.07) is 8.19. The van der Waals surface area contributed by atoms with Crippen LogP contribution in [0.25, 0.3) is 0 Å². The summed E-state index contributed by atoms with van der Waals surface area (Å²) in [4.78, 5) is 33.3. The average Bonchev–Trinajstić information content (AvgIpc) is 3.33. The number of hydrogen-bond acceptors (Lipinski definition) is 6. The molecule has 6 aliphatic rings. The van der Waals surface area contributed by atoms with Crippen molar-refractivity contribution in [3.63, 3.8) is 0 Å². The van der Waals surface area contributed by atoms with Gasteiger partial charge in [0.05, 0.1) is 29.8 Å². The highest BCUT2D eigenvalue weighted by atomic mass is 16.7. The molecule has 1 aliphatic carbocycles. The van der Waals surface area contributed by atoms with Gasteiger partial charge in [-0.25, -0.2) is 0 Å². The third kappa shape index (κ3) is 3.79. The number of carbonyl (C=O) groups excluding carboxylic acids is 2. The van der Waals surface area contributed by atoms with Crippen molar-refractivity contribution in [3.8, 4) is 0 Å². The van der Waals surface area contributed by atoms with Gasteiger partial charge in [0.15, 0.2) is 0 Å². The van der Waals surface area contributed by atoms with Crippen LogP contribution < -0.4 is 10.4 Å². The fourth-order valence-electron chi connectivity index (χ4n) is 8.05. The highest BCUT2D eigenvalue weighted by molar-refractivity contribution is 6.62. The van der Waals surface area contributed by atoms with Crippen molar-refractivity contribution in [2.45, 2.75) is 114 Å². The molecule has 2 atom stereocenters. The van der Waals surface area contributed by atoms with Gasteiger partial charge in [0.2, 0.25) is 11.8 Å². The Morgan fingerprint density at radius 1 is 0.923 bits per heavy atom. The highest BCUT2D eigenvalue weighted by Crippen LogP contribution is 2.51. The minimum atomic E-state index is -0.557. The monoisotopic (exact) mass is 535 g/mol. The number of likely N-dealkylation sites (tertiary alicyclic amines) is 1. The fraction of sp³-hybridized carbons (Fsp3) is 0.733. The molecule has 39 heavy (non-hydrogen) atoms. The Hall–Kier alpha value is -1.94. The number of morpholine rings is 1. The summed E-state index contributed by atoms with van der Waals surface area (Å²) in [5, 5.41) is 0. The van der Waals surface area contributed by atoms with Crippen LogP contribution >= 0.6 is 0 Å². The van der Waals surface area contributed by atoms with Gasteiger partial charge in [-0.05, 0) is 83.3 Å². The summed E-state index contributed by atoms with van der Waals surface area (Å²) in [6.45, 7) is 12.8. The number of hydrogen-bond donors (Lipinski definition) is 0. The molecular weight excluding hydrogens is 493 g/mol. The van der Waals surface area contributed by atoms with E-state index in [0.29, 0.717) is 44.1 Å². The lowest BCUT2D eigenvalue weighted by atomic mass is 9.71. The van der Waals surface area contributed by atoms with Gasteiger partial charge in [0.25, 0.3) is 0 Å². The molecular formula is C30H42BN3O5. The zero-order valence-corrected chi connectivity index (χ0v) is 24.1. The lowest BCUT2D eigenvalue weighted by Crippen LogP contribution is -2.61. The van der Waals surface area contributed by atoms with E-state index in [2.05, 4.69) is 55.7 Å². The third-order valence-electron chi connectivity index (χ3n) is 11.2. The van der Waals surface area contributed by atoms with Crippen LogP contribution in [-0.2, 0) is 29.0 Å². The van der Waals surface area contributed by atoms with Crippen molar-refractivity contribution in [1.29, 1.82) is 0 Å².